The van der Waals surface area contributed by atoms with Gasteiger partial charge in [-0.1, -0.05) is 13.0 Å². The summed E-state index contributed by atoms with van der Waals surface area (Å²) in [6, 6.07) is 3.04. The van der Waals surface area contributed by atoms with Crippen LogP contribution in [0.15, 0.2) is 35.5 Å². The number of ether oxygens (including phenoxy) is 2. The Labute approximate surface area is 197 Å². The third kappa shape index (κ3) is 4.74. The number of benzene rings is 1. The van der Waals surface area contributed by atoms with Gasteiger partial charge in [0.2, 0.25) is 5.82 Å². The maximum absolute atomic E-state index is 14.4. The molecule has 0 bridgehead atoms. The average Bonchev–Trinajstić information content (AvgIpc) is 3.04. The Morgan fingerprint density at radius 2 is 1.89 bits per heavy atom. The van der Waals surface area contributed by atoms with E-state index in [9.17, 15) is 45.5 Å². The molecule has 1 aromatic carbocycles. The fourth-order valence-electron chi connectivity index (χ4n) is 3.95. The number of hydrogen-bond acceptors (Lipinski definition) is 5. The minimum atomic E-state index is -5.09. The Bertz CT molecular complexity index is 1260. The highest BCUT2D eigenvalue weighted by Gasteiger charge is 2.66. The number of carbonyl (C=O) groups excluding carboxylic acids is 2. The lowest BCUT2D eigenvalue weighted by Crippen LogP contribution is -2.47. The molecule has 3 rings (SSSR count). The summed E-state index contributed by atoms with van der Waals surface area (Å²) in [4.78, 5) is 28.0. The van der Waals surface area contributed by atoms with Crippen molar-refractivity contribution < 1.29 is 55.0 Å². The van der Waals surface area contributed by atoms with Crippen molar-refractivity contribution in [3.63, 3.8) is 0 Å². The Kier molecular flexibility index (Phi) is 7.08. The first kappa shape index (κ1) is 27.0. The zero-order valence-electron chi connectivity index (χ0n) is 18.4. The molecule has 3 N–H and O–H groups in total. The van der Waals surface area contributed by atoms with Crippen LogP contribution in [0, 0.1) is 17.6 Å². The van der Waals surface area contributed by atoms with Crippen molar-refractivity contribution in [3.8, 4) is 5.75 Å². The van der Waals surface area contributed by atoms with E-state index in [0.29, 0.717) is 23.8 Å². The Hall–Kier alpha value is -3.62. The molecule has 0 unspecified atom stereocenters. The van der Waals surface area contributed by atoms with Crippen molar-refractivity contribution >= 4 is 11.8 Å². The van der Waals surface area contributed by atoms with Gasteiger partial charge in [0.25, 0.3) is 11.8 Å². The van der Waals surface area contributed by atoms with E-state index in [1.807, 2.05) is 0 Å². The van der Waals surface area contributed by atoms with Crippen molar-refractivity contribution in [3.05, 3.63) is 58.7 Å². The van der Waals surface area contributed by atoms with Crippen LogP contribution in [-0.2, 0) is 9.53 Å². The highest BCUT2D eigenvalue weighted by atomic mass is 19.4. The molecular formula is C21H18F7N3O5. The molecule has 196 valence electrons. The first-order valence-electron chi connectivity index (χ1n) is 10.1. The van der Waals surface area contributed by atoms with E-state index in [4.69, 9.17) is 10.5 Å². The van der Waals surface area contributed by atoms with Gasteiger partial charge in [-0.2, -0.15) is 31.1 Å². The van der Waals surface area contributed by atoms with Crippen LogP contribution in [0.1, 0.15) is 35.8 Å². The van der Waals surface area contributed by atoms with Crippen molar-refractivity contribution in [2.75, 3.05) is 0 Å². The Morgan fingerprint density at radius 3 is 2.44 bits per heavy atom. The minimum absolute atomic E-state index is 0.304. The van der Waals surface area contributed by atoms with Gasteiger partial charge in [0.05, 0.1) is 5.36 Å². The zero-order valence-corrected chi connectivity index (χ0v) is 18.4. The second-order valence-corrected chi connectivity index (χ2v) is 8.04. The average molecular weight is 525 g/mol. The smallest absolute Gasteiger partial charge is 0.417 e. The van der Waals surface area contributed by atoms with Gasteiger partial charge in [0.1, 0.15) is 11.8 Å². The number of amides is 2. The summed E-state index contributed by atoms with van der Waals surface area (Å²) >= 11 is 0. The molecule has 36 heavy (non-hydrogen) atoms. The number of halogens is 7. The van der Waals surface area contributed by atoms with E-state index in [1.165, 1.54) is 0 Å². The lowest BCUT2D eigenvalue weighted by atomic mass is 9.77. The molecular weight excluding hydrogens is 507 g/mol. The molecule has 1 aliphatic rings. The van der Waals surface area contributed by atoms with Crippen LogP contribution in [0.5, 0.6) is 5.75 Å². The van der Waals surface area contributed by atoms with E-state index in [-0.39, 0.29) is 5.36 Å². The number of primary amides is 1. The second kappa shape index (κ2) is 9.44. The van der Waals surface area contributed by atoms with E-state index in [1.54, 1.807) is 0 Å². The van der Waals surface area contributed by atoms with Crippen molar-refractivity contribution in [2.45, 2.75) is 44.3 Å². The SMILES string of the molecule is C[C@@H]1[C@@H](c2ccc(F)c(F)c2OC(F)F)[C@@H](C(=O)N=c2ccn(O)c(C(N)=O)c2)O[C@]1(C)C(F)(F)F. The summed E-state index contributed by atoms with van der Waals surface area (Å²) in [5.41, 5.74) is 0.832. The molecule has 8 nitrogen and oxygen atoms in total. The molecule has 1 aliphatic heterocycles. The summed E-state index contributed by atoms with van der Waals surface area (Å²) < 4.78 is 105. The molecule has 1 fully saturated rings. The molecule has 2 aromatic rings. The van der Waals surface area contributed by atoms with E-state index in [2.05, 4.69) is 9.73 Å². The number of rotatable bonds is 5. The normalized spacial score (nSPS) is 24.8. The number of nitrogens with zero attached hydrogens (tertiary/aromatic N) is 2. The predicted molar refractivity (Wildman–Crippen MR) is 105 cm³/mol. The van der Waals surface area contributed by atoms with E-state index in [0.717, 1.165) is 25.3 Å². The second-order valence-electron chi connectivity index (χ2n) is 8.04. The maximum Gasteiger partial charge on any atom is 0.417 e. The van der Waals surface area contributed by atoms with Crippen LogP contribution in [0.3, 0.4) is 0 Å². The molecule has 0 radical (unpaired) electrons. The highest BCUT2D eigenvalue weighted by molar-refractivity contribution is 5.91. The number of nitrogens with two attached hydrogens (primary N) is 1. The number of hydrogen-bond donors (Lipinski definition) is 2. The monoisotopic (exact) mass is 525 g/mol. The van der Waals surface area contributed by atoms with E-state index >= 15 is 0 Å². The van der Waals surface area contributed by atoms with Crippen LogP contribution in [0.2, 0.25) is 0 Å². The van der Waals surface area contributed by atoms with Gasteiger partial charge < -0.3 is 20.4 Å². The molecule has 1 saturated heterocycles. The predicted octanol–water partition coefficient (Wildman–Crippen LogP) is 3.27. The summed E-state index contributed by atoms with van der Waals surface area (Å²) in [6.07, 6.45) is -6.35. The quantitative estimate of drug-likeness (QED) is 0.459. The van der Waals surface area contributed by atoms with Gasteiger partial charge in [-0.05, 0) is 25.1 Å². The fraction of sp³-hybridized carbons (Fsp3) is 0.381. The van der Waals surface area contributed by atoms with Crippen molar-refractivity contribution in [1.29, 1.82) is 0 Å². The first-order valence-corrected chi connectivity index (χ1v) is 10.1. The standard InChI is InChI=1S/C21H18F7N3O5/c1-8-13(10-3-4-11(22)14(23)15(10)35-19(24)25)16(36-20(8,2)21(26,27)28)18(33)30-9-5-6-31(34)12(7-9)17(29)32/h3-8,13,16,19,34H,1-2H3,(H2,29,32)/t8-,13+,16+,20+/m1/s1. The fourth-order valence-corrected chi connectivity index (χ4v) is 3.95. The lowest BCUT2D eigenvalue weighted by Gasteiger charge is -2.32. The van der Waals surface area contributed by atoms with Gasteiger partial charge in [-0.3, -0.25) is 9.59 Å². The molecule has 2 heterocycles. The summed E-state index contributed by atoms with van der Waals surface area (Å²) in [5.74, 6) is -10.9. The molecule has 0 saturated carbocycles. The first-order chi connectivity index (χ1) is 16.6. The van der Waals surface area contributed by atoms with Crippen LogP contribution in [0.4, 0.5) is 30.7 Å². The number of pyridine rings is 1. The summed E-state index contributed by atoms with van der Waals surface area (Å²) in [5, 5.41) is 9.25. The molecule has 4 atom stereocenters. The van der Waals surface area contributed by atoms with Gasteiger partial charge in [-0.25, -0.2) is 9.38 Å². The van der Waals surface area contributed by atoms with Gasteiger partial charge in [0, 0.05) is 23.6 Å². The molecule has 1 aromatic heterocycles. The number of aromatic nitrogens is 1. The number of alkyl halides is 5. The molecule has 0 aliphatic carbocycles. The third-order valence-corrected chi connectivity index (χ3v) is 5.97. The van der Waals surface area contributed by atoms with Gasteiger partial charge in [0.15, 0.2) is 17.2 Å². The van der Waals surface area contributed by atoms with Crippen LogP contribution >= 0.6 is 0 Å². The summed E-state index contributed by atoms with van der Waals surface area (Å²) in [7, 11) is 0. The van der Waals surface area contributed by atoms with Crippen LogP contribution in [0.25, 0.3) is 0 Å². The minimum Gasteiger partial charge on any atom is -0.431 e. The van der Waals surface area contributed by atoms with Crippen molar-refractivity contribution in [1.82, 2.24) is 4.73 Å². The highest BCUT2D eigenvalue weighted by Crippen LogP contribution is 2.55. The van der Waals surface area contributed by atoms with E-state index < -0.39 is 76.8 Å². The maximum atomic E-state index is 14.4. The largest absolute Gasteiger partial charge is 0.431 e. The topological polar surface area (TPSA) is 116 Å². The Morgan fingerprint density at radius 1 is 1.25 bits per heavy atom. The zero-order chi connectivity index (χ0) is 27.2. The van der Waals surface area contributed by atoms with Gasteiger partial charge in [-0.15, -0.1) is 0 Å². The molecule has 2 amide bonds. The number of carbonyl (C=O) groups is 2. The Balaban J connectivity index is 2.20. The molecule has 15 heteroatoms. The third-order valence-electron chi connectivity index (χ3n) is 5.97. The van der Waals surface area contributed by atoms with Crippen molar-refractivity contribution in [2.24, 2.45) is 16.6 Å². The molecule has 0 spiro atoms. The summed E-state index contributed by atoms with van der Waals surface area (Å²) in [6.45, 7) is -2.08. The van der Waals surface area contributed by atoms with Gasteiger partial charge >= 0.3 is 12.8 Å². The van der Waals surface area contributed by atoms with Crippen LogP contribution in [-0.4, -0.2) is 46.2 Å². The van der Waals surface area contributed by atoms with Crippen LogP contribution < -0.4 is 15.8 Å². The lowest BCUT2D eigenvalue weighted by molar-refractivity contribution is -0.272.